The molecule has 3 rings (SSSR count). The topological polar surface area (TPSA) is 75.7 Å². The van der Waals surface area contributed by atoms with Crippen LogP contribution in [0.3, 0.4) is 0 Å². The van der Waals surface area contributed by atoms with Crippen molar-refractivity contribution in [3.8, 4) is 0 Å². The molecule has 1 aliphatic carbocycles. The molecular weight excluding hydrogens is 356 g/mol. The van der Waals surface area contributed by atoms with E-state index < -0.39 is 11.4 Å². The number of ether oxygens (including phenoxy) is 1. The van der Waals surface area contributed by atoms with Gasteiger partial charge in [-0.25, -0.2) is 4.79 Å². The number of carbonyl (C=O) groups is 3. The monoisotopic (exact) mass is 380 g/mol. The van der Waals surface area contributed by atoms with E-state index in [9.17, 15) is 14.4 Å². The molecule has 6 heteroatoms. The van der Waals surface area contributed by atoms with Crippen LogP contribution in [0.5, 0.6) is 0 Å². The largest absolute Gasteiger partial charge is 0.465 e. The lowest BCUT2D eigenvalue weighted by atomic mass is 10.0. The molecule has 2 amide bonds. The van der Waals surface area contributed by atoms with Gasteiger partial charge >= 0.3 is 5.97 Å². The number of aryl methyl sites for hydroxylation is 1. The number of benzene rings is 2. The number of hydrogen-bond donors (Lipinski definition) is 1. The van der Waals surface area contributed by atoms with Crippen LogP contribution in [-0.4, -0.2) is 31.4 Å². The Morgan fingerprint density at radius 3 is 2.43 bits per heavy atom. The standard InChI is InChI=1S/C22H24N2O4/c1-4-24(16-9-7-8-15(2)14-16)21(27)22(12-13-22)20(26)23-18-11-6-5-10-17(18)19(25)28-3/h5-11,14H,4,12-13H2,1-3H3,(H,23,26). The summed E-state index contributed by atoms with van der Waals surface area (Å²) in [6.07, 6.45) is 0.973. The smallest absolute Gasteiger partial charge is 0.339 e. The van der Waals surface area contributed by atoms with E-state index in [-0.39, 0.29) is 17.4 Å². The molecule has 0 saturated heterocycles. The van der Waals surface area contributed by atoms with E-state index in [2.05, 4.69) is 5.32 Å². The summed E-state index contributed by atoms with van der Waals surface area (Å²) in [5.74, 6) is -1.14. The van der Waals surface area contributed by atoms with Crippen LogP contribution in [0, 0.1) is 12.3 Å². The maximum atomic E-state index is 13.3. The van der Waals surface area contributed by atoms with Crippen molar-refractivity contribution >= 4 is 29.2 Å². The van der Waals surface area contributed by atoms with Crippen molar-refractivity contribution in [3.05, 3.63) is 59.7 Å². The minimum absolute atomic E-state index is 0.214. The lowest BCUT2D eigenvalue weighted by Crippen LogP contribution is -2.43. The number of amides is 2. The van der Waals surface area contributed by atoms with Gasteiger partial charge in [0.15, 0.2) is 0 Å². The van der Waals surface area contributed by atoms with Gasteiger partial charge in [-0.3, -0.25) is 9.59 Å². The molecule has 1 N–H and O–H groups in total. The molecule has 0 unspecified atom stereocenters. The summed E-state index contributed by atoms with van der Waals surface area (Å²) in [6, 6.07) is 14.3. The quantitative estimate of drug-likeness (QED) is 0.614. The van der Waals surface area contributed by atoms with E-state index in [1.165, 1.54) is 7.11 Å². The van der Waals surface area contributed by atoms with Crippen LogP contribution in [0.2, 0.25) is 0 Å². The van der Waals surface area contributed by atoms with E-state index in [1.54, 1.807) is 29.2 Å². The second kappa shape index (κ2) is 7.84. The van der Waals surface area contributed by atoms with E-state index >= 15 is 0 Å². The van der Waals surface area contributed by atoms with Crippen LogP contribution >= 0.6 is 0 Å². The third-order valence-electron chi connectivity index (χ3n) is 5.05. The maximum absolute atomic E-state index is 13.3. The Bertz CT molecular complexity index is 918. The average molecular weight is 380 g/mol. The lowest BCUT2D eigenvalue weighted by Gasteiger charge is -2.26. The molecule has 6 nitrogen and oxygen atoms in total. The Kier molecular flexibility index (Phi) is 5.49. The molecule has 0 spiro atoms. The minimum Gasteiger partial charge on any atom is -0.465 e. The minimum atomic E-state index is -1.09. The van der Waals surface area contributed by atoms with Gasteiger partial charge in [-0.2, -0.15) is 0 Å². The molecule has 2 aromatic rings. The molecule has 1 fully saturated rings. The fraction of sp³-hybridized carbons (Fsp3) is 0.318. The number of rotatable bonds is 6. The number of anilines is 2. The molecule has 0 aliphatic heterocycles. The number of hydrogen-bond acceptors (Lipinski definition) is 4. The van der Waals surface area contributed by atoms with Crippen molar-refractivity contribution < 1.29 is 19.1 Å². The van der Waals surface area contributed by atoms with Crippen LogP contribution < -0.4 is 10.2 Å². The van der Waals surface area contributed by atoms with Crippen molar-refractivity contribution in [2.45, 2.75) is 26.7 Å². The SMILES string of the molecule is CCN(C(=O)C1(C(=O)Nc2ccccc2C(=O)OC)CC1)c1cccc(C)c1. The van der Waals surface area contributed by atoms with Gasteiger partial charge in [0.25, 0.3) is 0 Å². The third kappa shape index (κ3) is 3.63. The second-order valence-corrected chi connectivity index (χ2v) is 6.96. The molecular formula is C22H24N2O4. The molecule has 0 aromatic heterocycles. The highest BCUT2D eigenvalue weighted by atomic mass is 16.5. The van der Waals surface area contributed by atoms with Gasteiger partial charge in [0.1, 0.15) is 5.41 Å². The van der Waals surface area contributed by atoms with Gasteiger partial charge in [-0.1, -0.05) is 24.3 Å². The van der Waals surface area contributed by atoms with Gasteiger partial charge in [0.05, 0.1) is 18.4 Å². The van der Waals surface area contributed by atoms with Crippen LogP contribution in [0.25, 0.3) is 0 Å². The summed E-state index contributed by atoms with van der Waals surface area (Å²) in [7, 11) is 1.29. The van der Waals surface area contributed by atoms with Crippen molar-refractivity contribution in [1.82, 2.24) is 0 Å². The first kappa shape index (κ1) is 19.6. The first-order valence-corrected chi connectivity index (χ1v) is 9.30. The maximum Gasteiger partial charge on any atom is 0.339 e. The van der Waals surface area contributed by atoms with Gasteiger partial charge in [-0.15, -0.1) is 0 Å². The third-order valence-corrected chi connectivity index (χ3v) is 5.05. The van der Waals surface area contributed by atoms with Crippen molar-refractivity contribution in [2.24, 2.45) is 5.41 Å². The highest BCUT2D eigenvalue weighted by molar-refractivity contribution is 6.18. The number of methoxy groups -OCH3 is 1. The van der Waals surface area contributed by atoms with Crippen LogP contribution in [0.4, 0.5) is 11.4 Å². The van der Waals surface area contributed by atoms with E-state index in [0.717, 1.165) is 11.3 Å². The summed E-state index contributed by atoms with van der Waals surface area (Å²) >= 11 is 0. The summed E-state index contributed by atoms with van der Waals surface area (Å²) in [4.78, 5) is 39.8. The van der Waals surface area contributed by atoms with Crippen LogP contribution in [0.1, 0.15) is 35.7 Å². The predicted molar refractivity (Wildman–Crippen MR) is 107 cm³/mol. The number of esters is 1. The first-order chi connectivity index (χ1) is 13.4. The van der Waals surface area contributed by atoms with Crippen molar-refractivity contribution in [3.63, 3.8) is 0 Å². The molecule has 0 radical (unpaired) electrons. The zero-order chi connectivity index (χ0) is 20.3. The Labute approximate surface area is 164 Å². The lowest BCUT2D eigenvalue weighted by molar-refractivity contribution is -0.132. The highest BCUT2D eigenvalue weighted by Gasteiger charge is 2.58. The van der Waals surface area contributed by atoms with E-state index in [1.807, 2.05) is 38.1 Å². The van der Waals surface area contributed by atoms with Gasteiger partial charge in [0, 0.05) is 12.2 Å². The predicted octanol–water partition coefficient (Wildman–Crippen LogP) is 3.55. The second-order valence-electron chi connectivity index (χ2n) is 6.96. The summed E-state index contributed by atoms with van der Waals surface area (Å²) in [6.45, 7) is 4.32. The van der Waals surface area contributed by atoms with E-state index in [0.29, 0.717) is 25.1 Å². The Morgan fingerprint density at radius 1 is 1.11 bits per heavy atom. The molecule has 1 saturated carbocycles. The zero-order valence-electron chi connectivity index (χ0n) is 16.3. The Balaban J connectivity index is 1.84. The Morgan fingerprint density at radius 2 is 1.82 bits per heavy atom. The van der Waals surface area contributed by atoms with Crippen LogP contribution in [-0.2, 0) is 14.3 Å². The van der Waals surface area contributed by atoms with E-state index in [4.69, 9.17) is 4.74 Å². The fourth-order valence-corrected chi connectivity index (χ4v) is 3.28. The van der Waals surface area contributed by atoms with Gasteiger partial charge < -0.3 is 15.0 Å². The number of para-hydroxylation sites is 1. The van der Waals surface area contributed by atoms with Crippen molar-refractivity contribution in [1.29, 1.82) is 0 Å². The highest BCUT2D eigenvalue weighted by Crippen LogP contribution is 2.49. The summed E-state index contributed by atoms with van der Waals surface area (Å²) in [5.41, 5.74) is 1.33. The molecule has 0 atom stereocenters. The summed E-state index contributed by atoms with van der Waals surface area (Å²) < 4.78 is 4.77. The Hall–Kier alpha value is -3.15. The van der Waals surface area contributed by atoms with Crippen LogP contribution in [0.15, 0.2) is 48.5 Å². The van der Waals surface area contributed by atoms with Gasteiger partial charge in [-0.05, 0) is 56.5 Å². The number of nitrogens with one attached hydrogen (secondary N) is 1. The van der Waals surface area contributed by atoms with Crippen molar-refractivity contribution in [2.75, 3.05) is 23.9 Å². The molecule has 0 bridgehead atoms. The van der Waals surface area contributed by atoms with Gasteiger partial charge in [0.2, 0.25) is 11.8 Å². The number of nitrogens with zero attached hydrogens (tertiary/aromatic N) is 1. The average Bonchev–Trinajstić information content (AvgIpc) is 3.50. The molecule has 146 valence electrons. The fourth-order valence-electron chi connectivity index (χ4n) is 3.28. The summed E-state index contributed by atoms with van der Waals surface area (Å²) in [5, 5.41) is 2.76. The normalized spacial score (nSPS) is 14.1. The molecule has 28 heavy (non-hydrogen) atoms. The zero-order valence-corrected chi connectivity index (χ0v) is 16.3. The molecule has 2 aromatic carbocycles. The number of carbonyl (C=O) groups excluding carboxylic acids is 3. The molecule has 1 aliphatic rings. The molecule has 0 heterocycles. The first-order valence-electron chi connectivity index (χ1n) is 9.30.